The third kappa shape index (κ3) is 2.28. The molecule has 0 aliphatic carbocycles. The van der Waals surface area contributed by atoms with Crippen LogP contribution in [0.3, 0.4) is 0 Å². The Balaban J connectivity index is 2.34. The fourth-order valence-electron chi connectivity index (χ4n) is 0.986. The van der Waals surface area contributed by atoms with Gasteiger partial charge in [0.2, 0.25) is 0 Å². The van der Waals surface area contributed by atoms with E-state index in [1.807, 2.05) is 5.38 Å². The number of aromatic nitrogens is 3. The predicted molar refractivity (Wildman–Crippen MR) is 60.8 cm³/mol. The van der Waals surface area contributed by atoms with E-state index in [0.29, 0.717) is 10.6 Å². The first-order valence-electron chi connectivity index (χ1n) is 4.18. The average Bonchev–Trinajstić information content (AvgIpc) is 2.82. The highest BCUT2D eigenvalue weighted by Crippen LogP contribution is 2.29. The van der Waals surface area contributed by atoms with Crippen molar-refractivity contribution < 1.29 is 5.21 Å². The average molecular weight is 253 g/mol. The van der Waals surface area contributed by atoms with Gasteiger partial charge in [-0.15, -0.1) is 16.4 Å². The maximum Gasteiger partial charge on any atom is 0.172 e. The zero-order valence-electron chi connectivity index (χ0n) is 7.94. The van der Waals surface area contributed by atoms with E-state index in [1.165, 1.54) is 29.3 Å². The van der Waals surface area contributed by atoms with Crippen molar-refractivity contribution in [3.8, 4) is 0 Å². The molecule has 0 amide bonds. The van der Waals surface area contributed by atoms with E-state index in [1.54, 1.807) is 12.3 Å². The van der Waals surface area contributed by atoms with Gasteiger partial charge in [-0.2, -0.15) is 5.10 Å². The van der Waals surface area contributed by atoms with Crippen LogP contribution in [0.1, 0.15) is 5.56 Å². The number of hydrogen-bond donors (Lipinski definition) is 2. The molecule has 0 aromatic carbocycles. The van der Waals surface area contributed by atoms with Crippen molar-refractivity contribution in [2.24, 2.45) is 10.9 Å². The number of thiazole rings is 1. The van der Waals surface area contributed by atoms with Gasteiger partial charge in [0.25, 0.3) is 0 Å². The van der Waals surface area contributed by atoms with Crippen molar-refractivity contribution in [1.29, 1.82) is 0 Å². The quantitative estimate of drug-likeness (QED) is 0.369. The van der Waals surface area contributed by atoms with Gasteiger partial charge in [0.05, 0.1) is 11.8 Å². The van der Waals surface area contributed by atoms with Crippen molar-refractivity contribution >= 4 is 28.9 Å². The molecule has 0 atom stereocenters. The van der Waals surface area contributed by atoms with Crippen LogP contribution in [-0.4, -0.2) is 26.2 Å². The Labute approximate surface area is 99.2 Å². The lowest BCUT2D eigenvalue weighted by Crippen LogP contribution is -2.15. The Kier molecular flexibility index (Phi) is 3.32. The SMILES string of the molecule is N/C(=N/O)c1ccnnc1Sc1nccs1. The second-order valence-electron chi connectivity index (χ2n) is 2.64. The maximum absolute atomic E-state index is 8.63. The van der Waals surface area contributed by atoms with Gasteiger partial charge >= 0.3 is 0 Å². The Bertz CT molecular complexity index is 499. The van der Waals surface area contributed by atoms with E-state index in [2.05, 4.69) is 20.3 Å². The maximum atomic E-state index is 8.63. The van der Waals surface area contributed by atoms with E-state index in [-0.39, 0.29) is 5.84 Å². The van der Waals surface area contributed by atoms with Gasteiger partial charge in [0.15, 0.2) is 10.2 Å². The largest absolute Gasteiger partial charge is 0.409 e. The van der Waals surface area contributed by atoms with Gasteiger partial charge in [-0.1, -0.05) is 5.16 Å². The number of amidine groups is 1. The van der Waals surface area contributed by atoms with Crippen molar-refractivity contribution in [2.75, 3.05) is 0 Å². The lowest BCUT2D eigenvalue weighted by Gasteiger charge is -2.02. The third-order valence-corrected chi connectivity index (χ3v) is 3.54. The van der Waals surface area contributed by atoms with Crippen LogP contribution in [0.2, 0.25) is 0 Å². The smallest absolute Gasteiger partial charge is 0.172 e. The summed E-state index contributed by atoms with van der Waals surface area (Å²) in [7, 11) is 0. The zero-order chi connectivity index (χ0) is 11.4. The lowest BCUT2D eigenvalue weighted by atomic mass is 10.3. The van der Waals surface area contributed by atoms with E-state index in [0.717, 1.165) is 4.34 Å². The van der Waals surface area contributed by atoms with Crippen LogP contribution in [0.25, 0.3) is 0 Å². The summed E-state index contributed by atoms with van der Waals surface area (Å²) in [6.45, 7) is 0. The number of hydrogen-bond acceptors (Lipinski definition) is 7. The molecule has 0 spiro atoms. The van der Waals surface area contributed by atoms with Crippen LogP contribution in [0.5, 0.6) is 0 Å². The molecule has 0 radical (unpaired) electrons. The monoisotopic (exact) mass is 253 g/mol. The molecular weight excluding hydrogens is 246 g/mol. The molecule has 0 saturated heterocycles. The molecular formula is C8H7N5OS2. The molecule has 2 aromatic rings. The van der Waals surface area contributed by atoms with Gasteiger partial charge in [0.1, 0.15) is 5.03 Å². The summed E-state index contributed by atoms with van der Waals surface area (Å²) >= 11 is 2.81. The summed E-state index contributed by atoms with van der Waals surface area (Å²) in [6, 6.07) is 1.64. The van der Waals surface area contributed by atoms with E-state index in [9.17, 15) is 0 Å². The van der Waals surface area contributed by atoms with Crippen LogP contribution in [-0.2, 0) is 0 Å². The van der Waals surface area contributed by atoms with Gasteiger partial charge in [-0.3, -0.25) is 0 Å². The summed E-state index contributed by atoms with van der Waals surface area (Å²) in [5, 5.41) is 21.7. The van der Waals surface area contributed by atoms with Crippen molar-refractivity contribution in [2.45, 2.75) is 9.37 Å². The molecule has 2 heterocycles. The minimum atomic E-state index is 0.00829. The van der Waals surface area contributed by atoms with E-state index < -0.39 is 0 Å². The Morgan fingerprint density at radius 3 is 3.06 bits per heavy atom. The molecule has 82 valence electrons. The summed E-state index contributed by atoms with van der Waals surface area (Å²) < 4.78 is 0.826. The Hall–Kier alpha value is -1.67. The van der Waals surface area contributed by atoms with Gasteiger partial charge in [0, 0.05) is 11.6 Å². The molecule has 16 heavy (non-hydrogen) atoms. The number of rotatable bonds is 3. The highest BCUT2D eigenvalue weighted by atomic mass is 32.2. The molecule has 6 nitrogen and oxygen atoms in total. The first kappa shape index (κ1) is 10.8. The van der Waals surface area contributed by atoms with Crippen molar-refractivity contribution in [1.82, 2.24) is 15.2 Å². The standard InChI is InChI=1S/C8H7N5OS2/c9-6(13-14)5-1-2-11-12-7(5)16-8-10-3-4-15-8/h1-4,14H,(H2,9,13). The fourth-order valence-corrected chi connectivity index (χ4v) is 2.59. The molecule has 0 aliphatic heterocycles. The highest BCUT2D eigenvalue weighted by molar-refractivity contribution is 8.01. The fraction of sp³-hybridized carbons (Fsp3) is 0. The van der Waals surface area contributed by atoms with Crippen LogP contribution in [0.4, 0.5) is 0 Å². The first-order chi connectivity index (χ1) is 7.81. The van der Waals surface area contributed by atoms with Crippen LogP contribution in [0, 0.1) is 0 Å². The number of nitrogens with two attached hydrogens (primary N) is 1. The van der Waals surface area contributed by atoms with Crippen molar-refractivity contribution in [3.05, 3.63) is 29.4 Å². The zero-order valence-corrected chi connectivity index (χ0v) is 9.57. The Morgan fingerprint density at radius 2 is 2.38 bits per heavy atom. The minimum absolute atomic E-state index is 0.00829. The summed E-state index contributed by atoms with van der Waals surface area (Å²) in [6.07, 6.45) is 3.19. The van der Waals surface area contributed by atoms with Crippen LogP contribution >= 0.6 is 23.1 Å². The van der Waals surface area contributed by atoms with Crippen LogP contribution < -0.4 is 5.73 Å². The number of oxime groups is 1. The molecule has 0 unspecified atom stereocenters. The van der Waals surface area contributed by atoms with Gasteiger partial charge in [-0.25, -0.2) is 4.98 Å². The third-order valence-electron chi connectivity index (χ3n) is 1.66. The summed E-state index contributed by atoms with van der Waals surface area (Å²) in [4.78, 5) is 4.11. The number of nitrogens with zero attached hydrogens (tertiary/aromatic N) is 4. The molecule has 2 rings (SSSR count). The van der Waals surface area contributed by atoms with E-state index in [4.69, 9.17) is 10.9 Å². The molecule has 2 aromatic heterocycles. The molecule has 0 fully saturated rings. The second kappa shape index (κ2) is 4.90. The molecule has 0 aliphatic rings. The molecule has 8 heteroatoms. The topological polar surface area (TPSA) is 97.3 Å². The molecule has 0 bridgehead atoms. The molecule has 3 N–H and O–H groups in total. The second-order valence-corrected chi connectivity index (χ2v) is 4.77. The minimum Gasteiger partial charge on any atom is -0.409 e. The van der Waals surface area contributed by atoms with E-state index >= 15 is 0 Å². The summed E-state index contributed by atoms with van der Waals surface area (Å²) in [5.41, 5.74) is 6.07. The Morgan fingerprint density at radius 1 is 1.50 bits per heavy atom. The van der Waals surface area contributed by atoms with Crippen LogP contribution in [0.15, 0.2) is 38.4 Å². The predicted octanol–water partition coefficient (Wildman–Crippen LogP) is 1.18. The normalized spacial score (nSPS) is 11.6. The van der Waals surface area contributed by atoms with Gasteiger partial charge < -0.3 is 10.9 Å². The first-order valence-corrected chi connectivity index (χ1v) is 5.88. The van der Waals surface area contributed by atoms with Gasteiger partial charge in [-0.05, 0) is 17.8 Å². The summed E-state index contributed by atoms with van der Waals surface area (Å²) in [5.74, 6) is 0.00829. The van der Waals surface area contributed by atoms with Crippen molar-refractivity contribution in [3.63, 3.8) is 0 Å². The molecule has 0 saturated carbocycles. The highest BCUT2D eigenvalue weighted by Gasteiger charge is 2.11. The lowest BCUT2D eigenvalue weighted by molar-refractivity contribution is 0.318.